The first-order valence-corrected chi connectivity index (χ1v) is 6.55. The third-order valence-electron chi connectivity index (χ3n) is 3.23. The van der Waals surface area contributed by atoms with Crippen molar-refractivity contribution in [1.29, 1.82) is 0 Å². The van der Waals surface area contributed by atoms with Crippen LogP contribution in [0.5, 0.6) is 5.75 Å². The minimum Gasteiger partial charge on any atom is -0.496 e. The fourth-order valence-electron chi connectivity index (χ4n) is 2.13. The highest BCUT2D eigenvalue weighted by Gasteiger charge is 2.10. The Morgan fingerprint density at radius 2 is 2.00 bits per heavy atom. The lowest BCUT2D eigenvalue weighted by atomic mass is 9.98. The van der Waals surface area contributed by atoms with Gasteiger partial charge in [-0.2, -0.15) is 4.98 Å². The Morgan fingerprint density at radius 1 is 1.25 bits per heavy atom. The highest BCUT2D eigenvalue weighted by molar-refractivity contribution is 5.46. The normalized spacial score (nSPS) is 10.8. The summed E-state index contributed by atoms with van der Waals surface area (Å²) in [7, 11) is 1.69. The lowest BCUT2D eigenvalue weighted by Gasteiger charge is -2.13. The first-order chi connectivity index (χ1) is 9.51. The summed E-state index contributed by atoms with van der Waals surface area (Å²) in [5.74, 6) is 1.93. The second-order valence-electron chi connectivity index (χ2n) is 5.05. The Labute approximate surface area is 119 Å². The molecule has 1 heterocycles. The van der Waals surface area contributed by atoms with Gasteiger partial charge in [0.2, 0.25) is 5.95 Å². The van der Waals surface area contributed by atoms with Gasteiger partial charge >= 0.3 is 0 Å². The summed E-state index contributed by atoms with van der Waals surface area (Å²) >= 11 is 0. The van der Waals surface area contributed by atoms with Crippen molar-refractivity contribution in [3.8, 4) is 5.75 Å². The van der Waals surface area contributed by atoms with Gasteiger partial charge in [0, 0.05) is 18.2 Å². The molecule has 5 nitrogen and oxygen atoms in total. The van der Waals surface area contributed by atoms with Crippen LogP contribution in [-0.2, 0) is 6.42 Å². The number of hydrogen-bond acceptors (Lipinski definition) is 5. The molecule has 1 aromatic carbocycles. The first-order valence-electron chi connectivity index (χ1n) is 6.55. The molecule has 0 atom stereocenters. The number of hydrogen-bond donors (Lipinski definition) is 2. The van der Waals surface area contributed by atoms with Gasteiger partial charge in [0.1, 0.15) is 11.6 Å². The molecule has 5 heteroatoms. The molecule has 4 N–H and O–H groups in total. The van der Waals surface area contributed by atoms with Gasteiger partial charge in [0.15, 0.2) is 0 Å². The number of nitrogen functional groups attached to an aromatic ring is 2. The Morgan fingerprint density at radius 3 is 2.60 bits per heavy atom. The topological polar surface area (TPSA) is 87.0 Å². The summed E-state index contributed by atoms with van der Waals surface area (Å²) in [4.78, 5) is 7.95. The smallest absolute Gasteiger partial charge is 0.221 e. The van der Waals surface area contributed by atoms with Crippen molar-refractivity contribution in [2.75, 3.05) is 18.6 Å². The van der Waals surface area contributed by atoms with Crippen molar-refractivity contribution in [3.63, 3.8) is 0 Å². The van der Waals surface area contributed by atoms with E-state index in [9.17, 15) is 0 Å². The molecule has 0 spiro atoms. The van der Waals surface area contributed by atoms with E-state index in [0.717, 1.165) is 16.9 Å². The van der Waals surface area contributed by atoms with Crippen molar-refractivity contribution >= 4 is 11.8 Å². The molecule has 0 saturated heterocycles. The molecule has 0 amide bonds. The lowest BCUT2D eigenvalue weighted by molar-refractivity contribution is 0.407. The largest absolute Gasteiger partial charge is 0.496 e. The van der Waals surface area contributed by atoms with E-state index in [1.54, 1.807) is 13.3 Å². The van der Waals surface area contributed by atoms with Gasteiger partial charge in [-0.25, -0.2) is 4.98 Å². The van der Waals surface area contributed by atoms with Crippen LogP contribution in [-0.4, -0.2) is 17.1 Å². The highest BCUT2D eigenvalue weighted by atomic mass is 16.5. The molecule has 0 saturated carbocycles. The number of benzene rings is 1. The molecule has 1 aromatic heterocycles. The Bertz CT molecular complexity index is 611. The molecule has 0 fully saturated rings. The summed E-state index contributed by atoms with van der Waals surface area (Å²) in [5, 5.41) is 0. The summed E-state index contributed by atoms with van der Waals surface area (Å²) < 4.78 is 5.45. The van der Waals surface area contributed by atoms with E-state index < -0.39 is 0 Å². The van der Waals surface area contributed by atoms with Crippen molar-refractivity contribution < 1.29 is 4.74 Å². The van der Waals surface area contributed by atoms with Crippen LogP contribution in [0, 0.1) is 0 Å². The zero-order valence-corrected chi connectivity index (χ0v) is 12.1. The van der Waals surface area contributed by atoms with E-state index in [-0.39, 0.29) is 5.95 Å². The van der Waals surface area contributed by atoms with Gasteiger partial charge in [0.05, 0.1) is 7.11 Å². The number of methoxy groups -OCH3 is 1. The fourth-order valence-corrected chi connectivity index (χ4v) is 2.13. The molecule has 0 unspecified atom stereocenters. The quantitative estimate of drug-likeness (QED) is 0.892. The van der Waals surface area contributed by atoms with E-state index >= 15 is 0 Å². The van der Waals surface area contributed by atoms with E-state index in [1.165, 1.54) is 5.56 Å². The maximum atomic E-state index is 5.86. The number of aromatic nitrogens is 2. The van der Waals surface area contributed by atoms with Gasteiger partial charge in [-0.1, -0.05) is 26.0 Å². The average molecular weight is 272 g/mol. The van der Waals surface area contributed by atoms with Crippen LogP contribution in [0.2, 0.25) is 0 Å². The third kappa shape index (κ3) is 2.99. The number of rotatable bonds is 4. The van der Waals surface area contributed by atoms with Gasteiger partial charge in [-0.15, -0.1) is 0 Å². The molecule has 0 aliphatic carbocycles. The molecule has 106 valence electrons. The molecule has 2 aromatic rings. The predicted molar refractivity (Wildman–Crippen MR) is 80.7 cm³/mol. The van der Waals surface area contributed by atoms with Crippen molar-refractivity contribution in [1.82, 2.24) is 9.97 Å². The molecule has 0 aliphatic heterocycles. The predicted octanol–water partition coefficient (Wildman–Crippen LogP) is 2.36. The van der Waals surface area contributed by atoms with Crippen LogP contribution in [0.1, 0.15) is 36.5 Å². The molecule has 20 heavy (non-hydrogen) atoms. The summed E-state index contributed by atoms with van der Waals surface area (Å²) in [6.45, 7) is 4.28. The Kier molecular flexibility index (Phi) is 4.08. The summed E-state index contributed by atoms with van der Waals surface area (Å²) in [6, 6.07) is 6.20. The van der Waals surface area contributed by atoms with Crippen LogP contribution in [0.4, 0.5) is 11.8 Å². The molecule has 0 aliphatic rings. The molecular weight excluding hydrogens is 252 g/mol. The van der Waals surface area contributed by atoms with E-state index in [2.05, 4.69) is 35.9 Å². The highest BCUT2D eigenvalue weighted by Crippen LogP contribution is 2.28. The average Bonchev–Trinajstić information content (AvgIpc) is 2.41. The number of ether oxygens (including phenoxy) is 1. The Balaban J connectivity index is 2.30. The van der Waals surface area contributed by atoms with Gasteiger partial charge in [-0.3, -0.25) is 0 Å². The molecular formula is C15H20N4O. The second-order valence-corrected chi connectivity index (χ2v) is 5.05. The molecule has 2 rings (SSSR count). The zero-order chi connectivity index (χ0) is 14.7. The standard InChI is InChI=1S/C15H20N4O/c1-9(2)12-5-4-10(7-13(12)20-3)6-11-8-18-15(17)19-14(11)16/h4-5,7-9H,6H2,1-3H3,(H4,16,17,18,19). The van der Waals surface area contributed by atoms with Gasteiger partial charge in [0.25, 0.3) is 0 Å². The monoisotopic (exact) mass is 272 g/mol. The van der Waals surface area contributed by atoms with Crippen LogP contribution >= 0.6 is 0 Å². The maximum absolute atomic E-state index is 5.86. The third-order valence-corrected chi connectivity index (χ3v) is 3.23. The number of anilines is 2. The SMILES string of the molecule is COc1cc(Cc2cnc(N)nc2N)ccc1C(C)C. The summed E-state index contributed by atoms with van der Waals surface area (Å²) in [5.41, 5.74) is 14.5. The maximum Gasteiger partial charge on any atom is 0.221 e. The molecule has 0 bridgehead atoms. The van der Waals surface area contributed by atoms with Crippen LogP contribution in [0.25, 0.3) is 0 Å². The fraction of sp³-hybridized carbons (Fsp3) is 0.333. The van der Waals surface area contributed by atoms with Gasteiger partial charge in [-0.05, 0) is 23.1 Å². The van der Waals surface area contributed by atoms with Crippen LogP contribution in [0.3, 0.4) is 0 Å². The van der Waals surface area contributed by atoms with E-state index in [4.69, 9.17) is 16.2 Å². The van der Waals surface area contributed by atoms with Gasteiger partial charge < -0.3 is 16.2 Å². The lowest BCUT2D eigenvalue weighted by Crippen LogP contribution is -2.04. The van der Waals surface area contributed by atoms with Crippen molar-refractivity contribution in [2.45, 2.75) is 26.2 Å². The van der Waals surface area contributed by atoms with Crippen LogP contribution < -0.4 is 16.2 Å². The van der Waals surface area contributed by atoms with Crippen LogP contribution in [0.15, 0.2) is 24.4 Å². The minimum atomic E-state index is 0.194. The molecule has 0 radical (unpaired) electrons. The Hall–Kier alpha value is -2.30. The second kappa shape index (κ2) is 5.77. The van der Waals surface area contributed by atoms with Crippen molar-refractivity contribution in [3.05, 3.63) is 41.1 Å². The number of nitrogens with zero attached hydrogens (tertiary/aromatic N) is 2. The zero-order valence-electron chi connectivity index (χ0n) is 12.1. The van der Waals surface area contributed by atoms with E-state index in [0.29, 0.717) is 18.2 Å². The summed E-state index contributed by atoms with van der Waals surface area (Å²) in [6.07, 6.45) is 2.32. The number of nitrogens with two attached hydrogens (primary N) is 2. The minimum absolute atomic E-state index is 0.194. The van der Waals surface area contributed by atoms with E-state index in [1.807, 2.05) is 6.07 Å². The first kappa shape index (κ1) is 14.1. The van der Waals surface area contributed by atoms with Crippen molar-refractivity contribution in [2.24, 2.45) is 0 Å².